The van der Waals surface area contributed by atoms with Gasteiger partial charge in [-0.1, -0.05) is 50.2 Å². The Balaban J connectivity index is 1.34. The highest BCUT2D eigenvalue weighted by Crippen LogP contribution is 2.31. The summed E-state index contributed by atoms with van der Waals surface area (Å²) in [7, 11) is -3.49. The van der Waals surface area contributed by atoms with Crippen LogP contribution in [0.5, 0.6) is 0 Å². The lowest BCUT2D eigenvalue weighted by Crippen LogP contribution is -2.29. The largest absolute Gasteiger partial charge is 0.516 e. The van der Waals surface area contributed by atoms with Gasteiger partial charge < -0.3 is 10.2 Å². The first-order valence-electron chi connectivity index (χ1n) is 12.2. The number of anilines is 3. The first-order valence-corrected chi connectivity index (χ1v) is 14.5. The second-order valence-electron chi connectivity index (χ2n) is 9.43. The zero-order valence-electron chi connectivity index (χ0n) is 21.9. The summed E-state index contributed by atoms with van der Waals surface area (Å²) in [5.41, 5.74) is -0.885. The van der Waals surface area contributed by atoms with Gasteiger partial charge in [0, 0.05) is 30.7 Å². The van der Waals surface area contributed by atoms with Crippen LogP contribution in [0.15, 0.2) is 82.7 Å². The van der Waals surface area contributed by atoms with Crippen molar-refractivity contribution in [3.63, 3.8) is 0 Å². The number of thioether (sulfide) groups is 1. The van der Waals surface area contributed by atoms with Crippen molar-refractivity contribution in [2.24, 2.45) is 4.99 Å². The second kappa shape index (κ2) is 11.8. The molecule has 1 amide bonds. The number of alkyl halides is 3. The van der Waals surface area contributed by atoms with E-state index in [0.29, 0.717) is 21.7 Å². The highest BCUT2D eigenvalue weighted by molar-refractivity contribution is 8.18. The van der Waals surface area contributed by atoms with Crippen LogP contribution < -0.4 is 14.9 Å². The summed E-state index contributed by atoms with van der Waals surface area (Å²) in [4.78, 5) is 18.9. The van der Waals surface area contributed by atoms with Crippen molar-refractivity contribution in [3.05, 3.63) is 94.4 Å². The number of hydrogen-bond donors (Lipinski definition) is 2. The average Bonchev–Trinajstić information content (AvgIpc) is 3.23. The van der Waals surface area contributed by atoms with E-state index in [-0.39, 0.29) is 5.69 Å². The highest BCUT2D eigenvalue weighted by atomic mass is 32.2. The normalized spacial score (nSPS) is 14.9. The first kappa shape index (κ1) is 29.2. The van der Waals surface area contributed by atoms with Gasteiger partial charge in [-0.05, 0) is 76.8 Å². The summed E-state index contributed by atoms with van der Waals surface area (Å²) in [5, 5.41) is 3.20. The molecule has 1 aliphatic rings. The van der Waals surface area contributed by atoms with Gasteiger partial charge in [-0.15, -0.1) is 0 Å². The number of rotatable bonds is 8. The summed E-state index contributed by atoms with van der Waals surface area (Å²) in [6, 6.07) is 21.5. The fraction of sp³-hybridized carbons (Fsp3) is 0.214. The van der Waals surface area contributed by atoms with Crippen molar-refractivity contribution in [2.75, 3.05) is 22.0 Å². The molecule has 0 unspecified atom stereocenters. The van der Waals surface area contributed by atoms with Gasteiger partial charge in [0.15, 0.2) is 5.17 Å². The van der Waals surface area contributed by atoms with E-state index in [1.54, 1.807) is 6.08 Å². The lowest BCUT2D eigenvalue weighted by atomic mass is 10.0. The molecule has 0 fully saturated rings. The Labute approximate surface area is 235 Å². The van der Waals surface area contributed by atoms with E-state index >= 15 is 0 Å². The summed E-state index contributed by atoms with van der Waals surface area (Å²) in [6.45, 7) is 5.09. The van der Waals surface area contributed by atoms with Crippen LogP contribution in [0.25, 0.3) is 6.08 Å². The van der Waals surface area contributed by atoms with Crippen LogP contribution in [0.4, 0.5) is 30.2 Å². The molecule has 0 bridgehead atoms. The highest BCUT2D eigenvalue weighted by Gasteiger charge is 2.46. The van der Waals surface area contributed by atoms with Gasteiger partial charge in [-0.3, -0.25) is 9.52 Å². The van der Waals surface area contributed by atoms with Gasteiger partial charge in [0.1, 0.15) is 0 Å². The third-order valence-electron chi connectivity index (χ3n) is 6.01. The van der Waals surface area contributed by atoms with Crippen molar-refractivity contribution in [3.8, 4) is 0 Å². The minimum Gasteiger partial charge on any atom is -0.370 e. The predicted molar refractivity (Wildman–Crippen MR) is 156 cm³/mol. The minimum absolute atomic E-state index is 0.251. The fourth-order valence-electron chi connectivity index (χ4n) is 3.77. The number of amidine groups is 1. The SMILES string of the molecule is CC(C)c1ccc(CN(C)c2ccc(/C=C3\SC(Nc4ccc(NS(=O)(=O)C(F)(F)F)cc4)=NC3=O)cc2)cc1. The van der Waals surface area contributed by atoms with E-state index in [1.807, 2.05) is 31.3 Å². The van der Waals surface area contributed by atoms with Gasteiger partial charge in [-0.25, -0.2) is 0 Å². The number of nitrogens with one attached hydrogen (secondary N) is 2. The van der Waals surface area contributed by atoms with Crippen LogP contribution in [-0.2, 0) is 21.4 Å². The summed E-state index contributed by atoms with van der Waals surface area (Å²) >= 11 is 1.12. The Kier molecular flexibility index (Phi) is 8.59. The average molecular weight is 589 g/mol. The zero-order chi connectivity index (χ0) is 29.1. The van der Waals surface area contributed by atoms with Crippen molar-refractivity contribution in [1.82, 2.24) is 0 Å². The van der Waals surface area contributed by atoms with E-state index in [1.165, 1.54) is 40.1 Å². The maximum atomic E-state index is 12.5. The van der Waals surface area contributed by atoms with Crippen LogP contribution in [0.2, 0.25) is 0 Å². The Hall–Kier alpha value is -3.77. The summed E-state index contributed by atoms with van der Waals surface area (Å²) < 4.78 is 61.6. The molecule has 12 heteroatoms. The van der Waals surface area contributed by atoms with Crippen LogP contribution in [0.1, 0.15) is 36.5 Å². The van der Waals surface area contributed by atoms with E-state index in [4.69, 9.17) is 0 Å². The van der Waals surface area contributed by atoms with E-state index in [9.17, 15) is 26.4 Å². The summed E-state index contributed by atoms with van der Waals surface area (Å²) in [5.74, 6) is 0.0653. The molecule has 4 rings (SSSR count). The number of halogens is 3. The third-order valence-corrected chi connectivity index (χ3v) is 8.02. The van der Waals surface area contributed by atoms with Crippen molar-refractivity contribution in [1.29, 1.82) is 0 Å². The number of hydrogen-bond acceptors (Lipinski definition) is 6. The monoisotopic (exact) mass is 588 g/mol. The maximum Gasteiger partial charge on any atom is 0.516 e. The molecule has 40 heavy (non-hydrogen) atoms. The number of amides is 1. The molecule has 0 saturated heterocycles. The predicted octanol–water partition coefficient (Wildman–Crippen LogP) is 6.79. The molecule has 7 nitrogen and oxygen atoms in total. The second-order valence-corrected chi connectivity index (χ2v) is 12.1. The smallest absolute Gasteiger partial charge is 0.370 e. The topological polar surface area (TPSA) is 90.9 Å². The van der Waals surface area contributed by atoms with Crippen LogP contribution >= 0.6 is 11.8 Å². The lowest BCUT2D eigenvalue weighted by Gasteiger charge is -2.20. The molecule has 210 valence electrons. The molecule has 3 aromatic rings. The molecular weight excluding hydrogens is 561 g/mol. The molecule has 1 heterocycles. The van der Waals surface area contributed by atoms with Crippen molar-refractivity contribution < 1.29 is 26.4 Å². The summed E-state index contributed by atoms with van der Waals surface area (Å²) in [6.07, 6.45) is 1.73. The first-order chi connectivity index (χ1) is 18.8. The Bertz CT molecular complexity index is 1530. The van der Waals surface area contributed by atoms with Gasteiger partial charge in [0.05, 0.1) is 4.91 Å². The fourth-order valence-corrected chi connectivity index (χ4v) is 5.17. The molecule has 0 spiro atoms. The molecule has 2 N–H and O–H groups in total. The molecule has 0 atom stereocenters. The van der Waals surface area contributed by atoms with Gasteiger partial charge in [0.2, 0.25) is 0 Å². The standard InChI is InChI=1S/C28H27F3N4O3S2/c1-18(2)21-8-4-20(5-9-21)17-35(3)24-14-6-19(7-15-24)16-25-26(36)33-27(39-25)32-22-10-12-23(13-11-22)34-40(37,38)28(29,30)31/h4-16,18,34H,17H2,1-3H3,(H,32,33,36)/b25-16-. The third kappa shape index (κ3) is 7.24. The quantitative estimate of drug-likeness (QED) is 0.282. The number of aliphatic imine (C=N–C) groups is 1. The van der Waals surface area contributed by atoms with Crippen LogP contribution in [0.3, 0.4) is 0 Å². The molecule has 3 aromatic carbocycles. The van der Waals surface area contributed by atoms with Crippen LogP contribution in [0, 0.1) is 0 Å². The Morgan fingerprint density at radius 1 is 0.950 bits per heavy atom. The number of carbonyl (C=O) groups excluding carboxylic acids is 1. The molecule has 0 radical (unpaired) electrons. The Morgan fingerprint density at radius 2 is 1.55 bits per heavy atom. The van der Waals surface area contributed by atoms with Crippen molar-refractivity contribution in [2.45, 2.75) is 31.8 Å². The van der Waals surface area contributed by atoms with Crippen molar-refractivity contribution >= 4 is 56.0 Å². The lowest BCUT2D eigenvalue weighted by molar-refractivity contribution is -0.113. The maximum absolute atomic E-state index is 12.5. The number of sulfonamides is 1. The van der Waals surface area contributed by atoms with E-state index in [0.717, 1.165) is 29.6 Å². The molecular formula is C28H27F3N4O3S2. The molecule has 1 aliphatic heterocycles. The van der Waals surface area contributed by atoms with Gasteiger partial charge >= 0.3 is 15.5 Å². The minimum atomic E-state index is -5.51. The number of carbonyl (C=O) groups is 1. The number of nitrogens with zero attached hydrogens (tertiary/aromatic N) is 2. The molecule has 0 aliphatic carbocycles. The molecule has 0 saturated carbocycles. The van der Waals surface area contributed by atoms with Gasteiger partial charge in [0.25, 0.3) is 5.91 Å². The van der Waals surface area contributed by atoms with Crippen LogP contribution in [-0.4, -0.2) is 32.0 Å². The van der Waals surface area contributed by atoms with Gasteiger partial charge in [-0.2, -0.15) is 26.6 Å². The van der Waals surface area contributed by atoms with E-state index in [2.05, 4.69) is 53.3 Å². The van der Waals surface area contributed by atoms with E-state index < -0.39 is 21.4 Å². The zero-order valence-corrected chi connectivity index (χ0v) is 23.5. The number of benzene rings is 3. The Morgan fingerprint density at radius 3 is 2.12 bits per heavy atom. The molecule has 0 aromatic heterocycles.